The lowest BCUT2D eigenvalue weighted by molar-refractivity contribution is -0.113. The summed E-state index contributed by atoms with van der Waals surface area (Å²) in [7, 11) is 0. The molecule has 0 unspecified atom stereocenters. The molecule has 0 heterocycles. The minimum Gasteiger partial charge on any atom is -0.462 e. The molecule has 4 nitrogen and oxygen atoms in total. The number of rotatable bonds is 8. The zero-order valence-electron chi connectivity index (χ0n) is 14.9. The fraction of sp³-hybridized carbons (Fsp3) is 0.300. The van der Waals surface area contributed by atoms with Crippen LogP contribution in [0.1, 0.15) is 34.8 Å². The fourth-order valence-corrected chi connectivity index (χ4v) is 3.28. The van der Waals surface area contributed by atoms with Gasteiger partial charge in [0, 0.05) is 16.5 Å². The van der Waals surface area contributed by atoms with Crippen LogP contribution in [0.4, 0.5) is 5.69 Å². The number of esters is 1. The molecule has 0 radical (unpaired) electrons. The van der Waals surface area contributed by atoms with Gasteiger partial charge in [-0.3, -0.25) is 4.79 Å². The minimum absolute atomic E-state index is 0.0704. The van der Waals surface area contributed by atoms with E-state index >= 15 is 0 Å². The molecule has 0 saturated heterocycles. The summed E-state index contributed by atoms with van der Waals surface area (Å²) in [5.74, 6) is 0.586. The van der Waals surface area contributed by atoms with Gasteiger partial charge in [0.1, 0.15) is 0 Å². The zero-order valence-corrected chi connectivity index (χ0v) is 16.5. The molecule has 0 aliphatic heterocycles. The molecule has 0 aromatic heterocycles. The van der Waals surface area contributed by atoms with E-state index in [-0.39, 0.29) is 11.9 Å². The summed E-state index contributed by atoms with van der Waals surface area (Å²) >= 11 is 7.41. The maximum atomic E-state index is 12.1. The van der Waals surface area contributed by atoms with Crippen LogP contribution >= 0.6 is 23.4 Å². The van der Waals surface area contributed by atoms with Gasteiger partial charge in [-0.05, 0) is 54.8 Å². The average Bonchev–Trinajstić information content (AvgIpc) is 2.62. The second kappa shape index (κ2) is 10.2. The number of amides is 1. The van der Waals surface area contributed by atoms with E-state index in [0.717, 1.165) is 23.2 Å². The normalized spacial score (nSPS) is 10.4. The number of thioether (sulfide) groups is 1. The summed E-state index contributed by atoms with van der Waals surface area (Å²) in [6, 6.07) is 12.7. The third-order valence-electron chi connectivity index (χ3n) is 3.56. The van der Waals surface area contributed by atoms with Gasteiger partial charge >= 0.3 is 5.97 Å². The first-order valence-corrected chi connectivity index (χ1v) is 9.92. The van der Waals surface area contributed by atoms with E-state index in [0.29, 0.717) is 28.7 Å². The Bertz CT molecular complexity index is 779. The minimum atomic E-state index is -0.311. The van der Waals surface area contributed by atoms with Gasteiger partial charge in [0.05, 0.1) is 17.9 Å². The van der Waals surface area contributed by atoms with Crippen LogP contribution < -0.4 is 5.32 Å². The second-order valence-electron chi connectivity index (χ2n) is 5.84. The van der Waals surface area contributed by atoms with Crippen molar-refractivity contribution >= 4 is 40.9 Å². The molecule has 2 rings (SSSR count). The predicted molar refractivity (Wildman–Crippen MR) is 108 cm³/mol. The van der Waals surface area contributed by atoms with Crippen LogP contribution in [-0.4, -0.2) is 24.2 Å². The van der Waals surface area contributed by atoms with Crippen molar-refractivity contribution in [2.45, 2.75) is 26.0 Å². The van der Waals surface area contributed by atoms with Crippen molar-refractivity contribution in [1.82, 2.24) is 0 Å². The molecule has 0 atom stereocenters. The summed E-state index contributed by atoms with van der Waals surface area (Å²) in [6.07, 6.45) is 0.795. The maximum absolute atomic E-state index is 12.1. The molecule has 0 aliphatic carbocycles. The van der Waals surface area contributed by atoms with Crippen molar-refractivity contribution in [3.05, 3.63) is 64.2 Å². The first-order chi connectivity index (χ1) is 12.5. The molecule has 0 spiro atoms. The summed E-state index contributed by atoms with van der Waals surface area (Å²) in [5, 5.41) is 3.53. The molecule has 1 amide bonds. The number of nitrogens with one attached hydrogen (secondary N) is 1. The van der Waals surface area contributed by atoms with Gasteiger partial charge in [-0.2, -0.15) is 0 Å². The number of aryl methyl sites for hydroxylation is 1. The van der Waals surface area contributed by atoms with E-state index in [1.54, 1.807) is 18.2 Å². The molecule has 0 saturated carbocycles. The Morgan fingerprint density at radius 2 is 2.00 bits per heavy atom. The van der Waals surface area contributed by atoms with Crippen molar-refractivity contribution in [2.24, 2.45) is 0 Å². The van der Waals surface area contributed by atoms with Gasteiger partial charge in [-0.15, -0.1) is 11.8 Å². The Labute approximate surface area is 163 Å². The standard InChI is InChI=1S/C20H22ClNO3S/c1-3-9-25-20(24)16-6-4-5-15(11-16)12-26-13-19(23)22-18-8-7-17(21)10-14(18)2/h4-8,10-11H,3,9,12-13H2,1-2H3,(H,22,23). The van der Waals surface area contributed by atoms with Gasteiger partial charge in [-0.25, -0.2) is 4.79 Å². The summed E-state index contributed by atoms with van der Waals surface area (Å²) in [4.78, 5) is 24.0. The van der Waals surface area contributed by atoms with E-state index in [1.165, 1.54) is 11.8 Å². The Hall–Kier alpha value is -1.98. The molecule has 1 N–H and O–H groups in total. The molecule has 138 valence electrons. The number of carbonyl (C=O) groups is 2. The molecular formula is C20H22ClNO3S. The van der Waals surface area contributed by atoms with E-state index in [4.69, 9.17) is 16.3 Å². The van der Waals surface area contributed by atoms with E-state index in [2.05, 4.69) is 5.32 Å². The SMILES string of the molecule is CCCOC(=O)c1cccc(CSCC(=O)Nc2ccc(Cl)cc2C)c1. The Morgan fingerprint density at radius 3 is 2.73 bits per heavy atom. The lowest BCUT2D eigenvalue weighted by atomic mass is 10.1. The van der Waals surface area contributed by atoms with E-state index < -0.39 is 0 Å². The molecule has 0 aliphatic rings. The van der Waals surface area contributed by atoms with E-state index in [9.17, 15) is 9.59 Å². The van der Waals surface area contributed by atoms with Crippen molar-refractivity contribution in [3.8, 4) is 0 Å². The highest BCUT2D eigenvalue weighted by molar-refractivity contribution is 7.99. The smallest absolute Gasteiger partial charge is 0.338 e. The molecule has 26 heavy (non-hydrogen) atoms. The summed E-state index contributed by atoms with van der Waals surface area (Å²) in [5.41, 5.74) is 3.21. The highest BCUT2D eigenvalue weighted by Gasteiger charge is 2.09. The Balaban J connectivity index is 1.83. The van der Waals surface area contributed by atoms with Crippen LogP contribution in [-0.2, 0) is 15.3 Å². The third kappa shape index (κ3) is 6.39. The number of anilines is 1. The summed E-state index contributed by atoms with van der Waals surface area (Å²) < 4.78 is 5.14. The number of benzene rings is 2. The van der Waals surface area contributed by atoms with Crippen LogP contribution in [0, 0.1) is 6.92 Å². The van der Waals surface area contributed by atoms with Crippen molar-refractivity contribution in [2.75, 3.05) is 17.7 Å². The largest absolute Gasteiger partial charge is 0.462 e. The number of hydrogen-bond donors (Lipinski definition) is 1. The van der Waals surface area contributed by atoms with E-state index in [1.807, 2.05) is 38.1 Å². The van der Waals surface area contributed by atoms with Crippen LogP contribution in [0.3, 0.4) is 0 Å². The van der Waals surface area contributed by atoms with Gasteiger partial charge in [-0.1, -0.05) is 30.7 Å². The fourth-order valence-electron chi connectivity index (χ4n) is 2.28. The Morgan fingerprint density at radius 1 is 1.19 bits per heavy atom. The van der Waals surface area contributed by atoms with Crippen molar-refractivity contribution in [3.63, 3.8) is 0 Å². The Kier molecular flexibility index (Phi) is 8.01. The molecule has 0 fully saturated rings. The van der Waals surface area contributed by atoms with Crippen molar-refractivity contribution in [1.29, 1.82) is 0 Å². The van der Waals surface area contributed by atoms with Gasteiger partial charge in [0.25, 0.3) is 0 Å². The highest BCUT2D eigenvalue weighted by atomic mass is 35.5. The quantitative estimate of drug-likeness (QED) is 0.637. The lowest BCUT2D eigenvalue weighted by Crippen LogP contribution is -2.15. The number of halogens is 1. The molecule has 2 aromatic carbocycles. The van der Waals surface area contributed by atoms with Gasteiger partial charge in [0.2, 0.25) is 5.91 Å². The van der Waals surface area contributed by atoms with Crippen LogP contribution in [0.25, 0.3) is 0 Å². The average molecular weight is 392 g/mol. The van der Waals surface area contributed by atoms with Crippen LogP contribution in [0.2, 0.25) is 5.02 Å². The molecular weight excluding hydrogens is 370 g/mol. The van der Waals surface area contributed by atoms with Crippen molar-refractivity contribution < 1.29 is 14.3 Å². The number of ether oxygens (including phenoxy) is 1. The number of hydrogen-bond acceptors (Lipinski definition) is 4. The number of carbonyl (C=O) groups excluding carboxylic acids is 2. The monoisotopic (exact) mass is 391 g/mol. The second-order valence-corrected chi connectivity index (χ2v) is 7.26. The third-order valence-corrected chi connectivity index (χ3v) is 4.80. The topological polar surface area (TPSA) is 55.4 Å². The zero-order chi connectivity index (χ0) is 18.9. The summed E-state index contributed by atoms with van der Waals surface area (Å²) in [6.45, 7) is 4.27. The first-order valence-electron chi connectivity index (χ1n) is 8.39. The van der Waals surface area contributed by atoms with Gasteiger partial charge in [0.15, 0.2) is 0 Å². The molecule has 0 bridgehead atoms. The lowest BCUT2D eigenvalue weighted by Gasteiger charge is -2.09. The van der Waals surface area contributed by atoms with Crippen LogP contribution in [0.5, 0.6) is 0 Å². The first kappa shape index (κ1) is 20.3. The predicted octanol–water partition coefficient (Wildman–Crippen LogP) is 5.09. The van der Waals surface area contributed by atoms with Crippen LogP contribution in [0.15, 0.2) is 42.5 Å². The van der Waals surface area contributed by atoms with Gasteiger partial charge < -0.3 is 10.1 Å². The highest BCUT2D eigenvalue weighted by Crippen LogP contribution is 2.20. The maximum Gasteiger partial charge on any atom is 0.338 e. The molecule has 2 aromatic rings. The molecule has 6 heteroatoms.